The smallest absolute Gasteiger partial charge is 0.744 e. The summed E-state index contributed by atoms with van der Waals surface area (Å²) in [7, 11) is -4.46. The molecule has 0 fully saturated rings. The molecule has 0 saturated heterocycles. The van der Waals surface area contributed by atoms with Crippen molar-refractivity contribution in [2.45, 2.75) is 4.90 Å². The van der Waals surface area contributed by atoms with Gasteiger partial charge in [0.25, 0.3) is 0 Å². The Balaban J connectivity index is 0.00000144. The zero-order chi connectivity index (χ0) is 11.8. The Morgan fingerprint density at radius 1 is 1.12 bits per heavy atom. The van der Waals surface area contributed by atoms with Crippen molar-refractivity contribution >= 4 is 27.0 Å². The van der Waals surface area contributed by atoms with Crippen LogP contribution in [0.25, 0.3) is 16.8 Å². The first kappa shape index (κ1) is 14.0. The Bertz CT molecular complexity index is 663. The topological polar surface area (TPSA) is 57.2 Å². The fourth-order valence-electron chi connectivity index (χ4n) is 1.70. The van der Waals surface area contributed by atoms with Gasteiger partial charge in [-0.25, -0.2) is 8.42 Å². The summed E-state index contributed by atoms with van der Waals surface area (Å²) in [6, 6.07) is 10.2. The number of hydrogen-bond acceptors (Lipinski definition) is 3. The second-order valence-corrected chi connectivity index (χ2v) is 4.70. The molecular formula is C12H9LiO3S. The summed E-state index contributed by atoms with van der Waals surface area (Å²) in [4.78, 5) is -0.221. The molecule has 0 heterocycles. The summed E-state index contributed by atoms with van der Waals surface area (Å²) < 4.78 is 33.2. The van der Waals surface area contributed by atoms with Crippen LogP contribution in [0.5, 0.6) is 0 Å². The third kappa shape index (κ3) is 2.62. The van der Waals surface area contributed by atoms with Crippen molar-refractivity contribution < 1.29 is 31.8 Å². The van der Waals surface area contributed by atoms with E-state index >= 15 is 0 Å². The van der Waals surface area contributed by atoms with Gasteiger partial charge in [0.05, 0.1) is 4.90 Å². The van der Waals surface area contributed by atoms with E-state index in [-0.39, 0.29) is 23.8 Å². The van der Waals surface area contributed by atoms with Gasteiger partial charge in [0.15, 0.2) is 0 Å². The first-order chi connectivity index (χ1) is 7.54. The van der Waals surface area contributed by atoms with E-state index in [1.807, 2.05) is 12.1 Å². The normalized spacial score (nSPS) is 10.9. The summed E-state index contributed by atoms with van der Waals surface area (Å²) in [6.07, 6.45) is 1.40. The van der Waals surface area contributed by atoms with Gasteiger partial charge in [-0.15, -0.1) is 0 Å². The molecule has 2 rings (SSSR count). The van der Waals surface area contributed by atoms with Crippen LogP contribution < -0.4 is 18.9 Å². The molecule has 0 radical (unpaired) electrons. The maximum absolute atomic E-state index is 11.1. The van der Waals surface area contributed by atoms with Gasteiger partial charge in [0.1, 0.15) is 10.1 Å². The van der Waals surface area contributed by atoms with Crippen molar-refractivity contribution in [1.29, 1.82) is 0 Å². The minimum atomic E-state index is -4.46. The van der Waals surface area contributed by atoms with Gasteiger partial charge in [0.2, 0.25) is 0 Å². The number of hydrogen-bond donors (Lipinski definition) is 0. The third-order valence-electron chi connectivity index (χ3n) is 2.40. The largest absolute Gasteiger partial charge is 1.00 e. The van der Waals surface area contributed by atoms with Crippen LogP contribution in [0.3, 0.4) is 0 Å². The second-order valence-electron chi connectivity index (χ2n) is 3.36. The van der Waals surface area contributed by atoms with Crippen molar-refractivity contribution in [3.8, 4) is 0 Å². The monoisotopic (exact) mass is 240 g/mol. The Labute approximate surface area is 112 Å². The molecule has 0 bridgehead atoms. The number of fused-ring (bicyclic) bond motifs is 1. The maximum Gasteiger partial charge on any atom is 1.00 e. The molecule has 0 aliphatic heterocycles. The average molecular weight is 240 g/mol. The third-order valence-corrected chi connectivity index (χ3v) is 3.30. The predicted octanol–water partition coefficient (Wildman–Crippen LogP) is -0.609. The van der Waals surface area contributed by atoms with Crippen molar-refractivity contribution in [2.75, 3.05) is 0 Å². The van der Waals surface area contributed by atoms with Crippen LogP contribution in [-0.2, 0) is 10.1 Å². The Morgan fingerprint density at radius 3 is 2.35 bits per heavy atom. The summed E-state index contributed by atoms with van der Waals surface area (Å²) in [5, 5.41) is 1.60. The molecule has 0 N–H and O–H groups in total. The van der Waals surface area contributed by atoms with Gasteiger partial charge in [-0.3, -0.25) is 0 Å². The first-order valence-corrected chi connectivity index (χ1v) is 6.05. The Morgan fingerprint density at radius 2 is 1.76 bits per heavy atom. The Kier molecular flexibility index (Phi) is 4.18. The van der Waals surface area contributed by atoms with Crippen LogP contribution in [-0.4, -0.2) is 13.0 Å². The molecule has 2 aromatic rings. The van der Waals surface area contributed by atoms with E-state index in [0.29, 0.717) is 5.56 Å². The standard InChI is InChI=1S/C12H10O3S.Li/c1-2-10-11-6-4-3-5-9(11)7-8-12(10)16(13,14)15;/h2-8H,1H2,(H,13,14,15);/q;+1/p-1. The number of rotatable bonds is 2. The van der Waals surface area contributed by atoms with Gasteiger partial charge >= 0.3 is 18.9 Å². The minimum Gasteiger partial charge on any atom is -0.744 e. The van der Waals surface area contributed by atoms with E-state index in [1.54, 1.807) is 18.2 Å². The maximum atomic E-state index is 11.1. The van der Waals surface area contributed by atoms with E-state index in [4.69, 9.17) is 0 Å². The van der Waals surface area contributed by atoms with E-state index in [2.05, 4.69) is 6.58 Å². The molecule has 0 unspecified atom stereocenters. The fourth-order valence-corrected chi connectivity index (χ4v) is 2.40. The number of benzene rings is 2. The molecule has 0 aromatic heterocycles. The average Bonchev–Trinajstić information content (AvgIpc) is 2.26. The molecule has 0 amide bonds. The molecule has 3 nitrogen and oxygen atoms in total. The zero-order valence-electron chi connectivity index (χ0n) is 9.38. The molecule has 5 heteroatoms. The van der Waals surface area contributed by atoms with Crippen LogP contribution >= 0.6 is 0 Å². The summed E-state index contributed by atoms with van der Waals surface area (Å²) >= 11 is 0. The van der Waals surface area contributed by atoms with Crippen LogP contribution in [0.1, 0.15) is 5.56 Å². The zero-order valence-corrected chi connectivity index (χ0v) is 10.2. The van der Waals surface area contributed by atoms with E-state index in [9.17, 15) is 13.0 Å². The molecular weight excluding hydrogens is 231 g/mol. The van der Waals surface area contributed by atoms with Crippen molar-refractivity contribution in [2.24, 2.45) is 0 Å². The van der Waals surface area contributed by atoms with Crippen molar-refractivity contribution in [1.82, 2.24) is 0 Å². The molecule has 17 heavy (non-hydrogen) atoms. The molecule has 82 valence electrons. The second kappa shape index (κ2) is 5.07. The molecule has 0 atom stereocenters. The molecule has 2 aromatic carbocycles. The van der Waals surface area contributed by atoms with Crippen LogP contribution in [0.4, 0.5) is 0 Å². The minimum absolute atomic E-state index is 0. The van der Waals surface area contributed by atoms with Crippen molar-refractivity contribution in [3.05, 3.63) is 48.5 Å². The SMILES string of the molecule is C=Cc1c(S(=O)(=O)[O-])ccc2ccccc12.[Li+]. The molecule has 0 aliphatic rings. The van der Waals surface area contributed by atoms with Gasteiger partial charge in [-0.1, -0.05) is 43.0 Å². The van der Waals surface area contributed by atoms with Crippen LogP contribution in [0.2, 0.25) is 0 Å². The molecule has 0 aliphatic carbocycles. The Hall–Kier alpha value is -1.05. The van der Waals surface area contributed by atoms with Crippen molar-refractivity contribution in [3.63, 3.8) is 0 Å². The fraction of sp³-hybridized carbons (Fsp3) is 0. The van der Waals surface area contributed by atoms with Gasteiger partial charge in [-0.2, -0.15) is 0 Å². The summed E-state index contributed by atoms with van der Waals surface area (Å²) in [5.74, 6) is 0. The molecule has 0 saturated carbocycles. The summed E-state index contributed by atoms with van der Waals surface area (Å²) in [6.45, 7) is 3.55. The van der Waals surface area contributed by atoms with Crippen LogP contribution in [0.15, 0.2) is 47.9 Å². The van der Waals surface area contributed by atoms with E-state index in [0.717, 1.165) is 10.8 Å². The van der Waals surface area contributed by atoms with Gasteiger partial charge < -0.3 is 4.55 Å². The van der Waals surface area contributed by atoms with Gasteiger partial charge in [0, 0.05) is 0 Å². The van der Waals surface area contributed by atoms with Gasteiger partial charge in [-0.05, 0) is 22.4 Å². The van der Waals surface area contributed by atoms with Crippen LogP contribution in [0, 0.1) is 0 Å². The molecule has 0 spiro atoms. The first-order valence-electron chi connectivity index (χ1n) is 4.64. The van der Waals surface area contributed by atoms with E-state index in [1.165, 1.54) is 12.1 Å². The summed E-state index contributed by atoms with van der Waals surface area (Å²) in [5.41, 5.74) is 0.369. The predicted molar refractivity (Wildman–Crippen MR) is 62.0 cm³/mol. The van der Waals surface area contributed by atoms with E-state index < -0.39 is 10.1 Å². The quantitative estimate of drug-likeness (QED) is 0.520.